The maximum atomic E-state index is 5.00. The molecule has 0 unspecified atom stereocenters. The Morgan fingerprint density at radius 3 is 1.37 bits per heavy atom. The maximum Gasteiger partial charge on any atom is 0.136 e. The molecule has 7 heteroatoms. The van der Waals surface area contributed by atoms with E-state index in [0.717, 1.165) is 94.5 Å². The van der Waals surface area contributed by atoms with Gasteiger partial charge in [0, 0.05) is 45.7 Å². The number of benzene rings is 4. The van der Waals surface area contributed by atoms with Crippen LogP contribution in [0, 0.1) is 0 Å². The van der Waals surface area contributed by atoms with Crippen LogP contribution < -0.4 is 16.0 Å². The van der Waals surface area contributed by atoms with Crippen LogP contribution in [-0.4, -0.2) is 46.1 Å². The van der Waals surface area contributed by atoms with E-state index in [2.05, 4.69) is 111 Å². The molecule has 4 aromatic heterocycles. The van der Waals surface area contributed by atoms with Crippen molar-refractivity contribution in [3.05, 3.63) is 97.1 Å². The van der Waals surface area contributed by atoms with E-state index in [4.69, 9.17) is 9.97 Å². The number of hydrogen-bond donors (Lipinski definition) is 5. The molecule has 0 aliphatic rings. The quantitative estimate of drug-likeness (QED) is 0.109. The molecule has 7 nitrogen and oxygen atoms in total. The zero-order valence-electron chi connectivity index (χ0n) is 23.9. The van der Waals surface area contributed by atoms with E-state index in [9.17, 15) is 0 Å². The van der Waals surface area contributed by atoms with Crippen molar-refractivity contribution in [1.82, 2.24) is 25.3 Å². The summed E-state index contributed by atoms with van der Waals surface area (Å²) in [6.07, 6.45) is 2.02. The predicted octanol–water partition coefficient (Wildman–Crippen LogP) is 7.95. The number of hydrogen-bond acceptors (Lipinski definition) is 5. The number of aromatic nitrogens is 4. The van der Waals surface area contributed by atoms with Crippen molar-refractivity contribution in [3.8, 4) is 0 Å². The van der Waals surface area contributed by atoms with Gasteiger partial charge in [-0.3, -0.25) is 0 Å². The van der Waals surface area contributed by atoms with Crippen LogP contribution in [0.25, 0.3) is 65.4 Å². The van der Waals surface area contributed by atoms with Crippen LogP contribution in [0.15, 0.2) is 97.1 Å². The van der Waals surface area contributed by atoms with Crippen LogP contribution >= 0.6 is 0 Å². The second-order valence-corrected chi connectivity index (χ2v) is 11.1. The number of fused-ring (bicyclic) bond motifs is 10. The molecular weight excluding hydrogens is 530 g/mol. The number of rotatable bonds is 10. The smallest absolute Gasteiger partial charge is 0.136 e. The standard InChI is InChI=1S/C36H33N7/c1-5-15-27-23(11-1)31-33(40-27)25-13-3-7-17-29(25)42-35(31)38-21-9-19-37-20-10-22-39-36-32-24-12-2-6-16-28(24)41-34(32)26-14-4-8-18-30(26)43-36/h1-8,11-18,37,40-41H,9-10,19-22H2,(H,38,42)(H,39,43). The number of nitrogens with zero attached hydrogens (tertiary/aromatic N) is 2. The lowest BCUT2D eigenvalue weighted by atomic mass is 10.1. The summed E-state index contributed by atoms with van der Waals surface area (Å²) in [7, 11) is 0. The number of H-pyrrole nitrogens is 2. The molecule has 0 aliphatic heterocycles. The van der Waals surface area contributed by atoms with Crippen molar-refractivity contribution in [2.24, 2.45) is 0 Å². The summed E-state index contributed by atoms with van der Waals surface area (Å²) in [6, 6.07) is 33.6. The van der Waals surface area contributed by atoms with E-state index < -0.39 is 0 Å². The summed E-state index contributed by atoms with van der Waals surface area (Å²) in [4.78, 5) is 17.2. The Kier molecular flexibility index (Phi) is 6.50. The highest BCUT2D eigenvalue weighted by molar-refractivity contribution is 6.21. The SMILES string of the molecule is c1ccc2c(c1)nc(NCCCNCCCNc1nc3ccccc3c3[nH]c4ccccc4c13)c1c3ccccc3[nH]c21. The Hall–Kier alpha value is -5.14. The molecule has 0 saturated carbocycles. The lowest BCUT2D eigenvalue weighted by Crippen LogP contribution is -2.21. The highest BCUT2D eigenvalue weighted by atomic mass is 15.0. The molecular formula is C36H33N7. The normalized spacial score (nSPS) is 11.9. The first kappa shape index (κ1) is 25.6. The number of aromatic amines is 2. The predicted molar refractivity (Wildman–Crippen MR) is 181 cm³/mol. The van der Waals surface area contributed by atoms with Gasteiger partial charge in [0.25, 0.3) is 0 Å². The van der Waals surface area contributed by atoms with Crippen LogP contribution in [-0.2, 0) is 0 Å². The van der Waals surface area contributed by atoms with Crippen LogP contribution in [0.2, 0.25) is 0 Å². The number of anilines is 2. The average Bonchev–Trinajstić information content (AvgIpc) is 3.64. The third kappa shape index (κ3) is 4.58. The van der Waals surface area contributed by atoms with Gasteiger partial charge in [0.2, 0.25) is 0 Å². The Labute approximate surface area is 248 Å². The fraction of sp³-hybridized carbons (Fsp3) is 0.167. The summed E-state index contributed by atoms with van der Waals surface area (Å²) in [5, 5.41) is 17.9. The topological polar surface area (TPSA) is 93.4 Å². The van der Waals surface area contributed by atoms with Gasteiger partial charge in [-0.15, -0.1) is 0 Å². The highest BCUT2D eigenvalue weighted by Gasteiger charge is 2.15. The van der Waals surface area contributed by atoms with Crippen molar-refractivity contribution < 1.29 is 0 Å². The lowest BCUT2D eigenvalue weighted by Gasteiger charge is -2.11. The first-order valence-corrected chi connectivity index (χ1v) is 15.1. The fourth-order valence-electron chi connectivity index (χ4n) is 6.32. The van der Waals surface area contributed by atoms with Crippen LogP contribution in [0.3, 0.4) is 0 Å². The molecule has 0 radical (unpaired) electrons. The Balaban J connectivity index is 0.887. The van der Waals surface area contributed by atoms with Gasteiger partial charge in [-0.05, 0) is 50.2 Å². The Morgan fingerprint density at radius 2 is 0.884 bits per heavy atom. The number of para-hydroxylation sites is 4. The van der Waals surface area contributed by atoms with Gasteiger partial charge in [0.1, 0.15) is 11.6 Å². The van der Waals surface area contributed by atoms with Crippen LogP contribution in [0.4, 0.5) is 11.6 Å². The summed E-state index contributed by atoms with van der Waals surface area (Å²) < 4.78 is 0. The molecule has 43 heavy (non-hydrogen) atoms. The van der Waals surface area contributed by atoms with E-state index in [-0.39, 0.29) is 0 Å². The van der Waals surface area contributed by atoms with E-state index in [1.807, 2.05) is 12.1 Å². The zero-order chi connectivity index (χ0) is 28.6. The minimum absolute atomic E-state index is 0.852. The van der Waals surface area contributed by atoms with E-state index in [1.54, 1.807) is 0 Å². The van der Waals surface area contributed by atoms with Crippen molar-refractivity contribution in [2.45, 2.75) is 12.8 Å². The summed E-state index contributed by atoms with van der Waals surface area (Å²) >= 11 is 0. The molecule has 0 bridgehead atoms. The van der Waals surface area contributed by atoms with Crippen molar-refractivity contribution >= 4 is 77.1 Å². The van der Waals surface area contributed by atoms with Gasteiger partial charge in [0.15, 0.2) is 0 Å². The van der Waals surface area contributed by atoms with Gasteiger partial charge < -0.3 is 25.9 Å². The first-order chi connectivity index (χ1) is 21.3. The number of pyridine rings is 2. The summed E-state index contributed by atoms with van der Waals surface area (Å²) in [5.74, 6) is 1.89. The molecule has 0 saturated heterocycles. The molecule has 4 heterocycles. The minimum Gasteiger partial charge on any atom is -0.369 e. The molecule has 0 spiro atoms. The molecule has 0 atom stereocenters. The number of nitrogens with one attached hydrogen (secondary N) is 5. The first-order valence-electron chi connectivity index (χ1n) is 15.1. The Morgan fingerprint density at radius 1 is 0.465 bits per heavy atom. The molecule has 8 aromatic rings. The largest absolute Gasteiger partial charge is 0.369 e. The second kappa shape index (κ2) is 10.9. The molecule has 5 N–H and O–H groups in total. The molecule has 8 rings (SSSR count). The van der Waals surface area contributed by atoms with E-state index in [0.29, 0.717) is 0 Å². The van der Waals surface area contributed by atoms with E-state index in [1.165, 1.54) is 21.5 Å². The van der Waals surface area contributed by atoms with Crippen molar-refractivity contribution in [1.29, 1.82) is 0 Å². The minimum atomic E-state index is 0.852. The summed E-state index contributed by atoms with van der Waals surface area (Å²) in [6.45, 7) is 3.59. The van der Waals surface area contributed by atoms with Crippen LogP contribution in [0.5, 0.6) is 0 Å². The fourth-order valence-corrected chi connectivity index (χ4v) is 6.32. The third-order valence-corrected chi connectivity index (χ3v) is 8.34. The van der Waals surface area contributed by atoms with Crippen LogP contribution in [0.1, 0.15) is 12.8 Å². The summed E-state index contributed by atoms with van der Waals surface area (Å²) in [5.41, 5.74) is 6.56. The molecule has 0 amide bonds. The highest BCUT2D eigenvalue weighted by Crippen LogP contribution is 2.36. The zero-order valence-corrected chi connectivity index (χ0v) is 23.9. The van der Waals surface area contributed by atoms with Gasteiger partial charge in [-0.1, -0.05) is 72.8 Å². The maximum absolute atomic E-state index is 5.00. The molecule has 212 valence electrons. The lowest BCUT2D eigenvalue weighted by molar-refractivity contribution is 0.642. The average molecular weight is 564 g/mol. The molecule has 0 aliphatic carbocycles. The monoisotopic (exact) mass is 563 g/mol. The van der Waals surface area contributed by atoms with Gasteiger partial charge in [-0.2, -0.15) is 0 Å². The van der Waals surface area contributed by atoms with Gasteiger partial charge in [0.05, 0.1) is 32.8 Å². The second-order valence-electron chi connectivity index (χ2n) is 11.1. The van der Waals surface area contributed by atoms with Crippen molar-refractivity contribution in [3.63, 3.8) is 0 Å². The molecule has 4 aromatic carbocycles. The molecule has 0 fully saturated rings. The van der Waals surface area contributed by atoms with Gasteiger partial charge >= 0.3 is 0 Å². The van der Waals surface area contributed by atoms with Crippen molar-refractivity contribution in [2.75, 3.05) is 36.8 Å². The Bertz CT molecular complexity index is 2080. The van der Waals surface area contributed by atoms with Gasteiger partial charge in [-0.25, -0.2) is 9.97 Å². The van der Waals surface area contributed by atoms with E-state index >= 15 is 0 Å². The third-order valence-electron chi connectivity index (χ3n) is 8.34.